The molecule has 0 saturated carbocycles. The van der Waals surface area contributed by atoms with Gasteiger partial charge in [-0.25, -0.2) is 9.79 Å². The first-order valence-corrected chi connectivity index (χ1v) is 16.3. The molecule has 0 spiro atoms. The van der Waals surface area contributed by atoms with E-state index in [2.05, 4.69) is 4.57 Å². The standard InChI is InChI=1S/C35H31Cl2N3O5S/c1-5-44-32-24(11-9-13-28(32)43-4)31-30(34(42)45-6-2)20(3)38-35-40(31)33(41)29(46-35)17-22-19-39(27-12-8-7-10-23(22)27)18-21-14-15-25(36)26(37)16-21/h7-17,19,31H,5-6,18H2,1-4H3/b29-17+/t31-/m0/s1. The first-order chi connectivity index (χ1) is 22.2. The number of ether oxygens (including phenoxy) is 3. The van der Waals surface area contributed by atoms with Crippen LogP contribution in [0.25, 0.3) is 17.0 Å². The molecule has 236 valence electrons. The lowest BCUT2D eigenvalue weighted by Gasteiger charge is -2.26. The van der Waals surface area contributed by atoms with Crippen molar-refractivity contribution in [3.63, 3.8) is 0 Å². The Bertz CT molecular complexity index is 2200. The van der Waals surface area contributed by atoms with Crippen molar-refractivity contribution in [2.75, 3.05) is 20.3 Å². The molecule has 0 bridgehead atoms. The molecule has 3 aromatic carbocycles. The summed E-state index contributed by atoms with van der Waals surface area (Å²) in [5.41, 5.74) is 3.93. The molecule has 0 N–H and O–H groups in total. The Morgan fingerprint density at radius 2 is 1.85 bits per heavy atom. The van der Waals surface area contributed by atoms with Crippen LogP contribution in [-0.4, -0.2) is 35.4 Å². The molecule has 5 aromatic rings. The molecule has 2 aromatic heterocycles. The van der Waals surface area contributed by atoms with Crippen LogP contribution in [0, 0.1) is 0 Å². The third kappa shape index (κ3) is 5.75. The first kappa shape index (κ1) is 31.7. The fraction of sp³-hybridized carbons (Fsp3) is 0.229. The van der Waals surface area contributed by atoms with E-state index < -0.39 is 12.0 Å². The average molecular weight is 677 g/mol. The van der Waals surface area contributed by atoms with Crippen LogP contribution in [0.5, 0.6) is 11.5 Å². The van der Waals surface area contributed by atoms with E-state index in [1.165, 1.54) is 11.3 Å². The monoisotopic (exact) mass is 675 g/mol. The lowest BCUT2D eigenvalue weighted by molar-refractivity contribution is -0.139. The lowest BCUT2D eigenvalue weighted by Crippen LogP contribution is -2.40. The second-order valence-corrected chi connectivity index (χ2v) is 12.4. The molecule has 1 atom stereocenters. The minimum absolute atomic E-state index is 0.176. The molecule has 1 aliphatic rings. The molecule has 0 amide bonds. The first-order valence-electron chi connectivity index (χ1n) is 14.8. The summed E-state index contributed by atoms with van der Waals surface area (Å²) in [4.78, 5) is 33.0. The minimum atomic E-state index is -0.843. The fourth-order valence-electron chi connectivity index (χ4n) is 5.79. The number of rotatable bonds is 9. The Kier molecular flexibility index (Phi) is 9.08. The molecular formula is C35H31Cl2N3O5S. The highest BCUT2D eigenvalue weighted by Gasteiger charge is 2.36. The molecular weight excluding hydrogens is 645 g/mol. The summed E-state index contributed by atoms with van der Waals surface area (Å²) in [6.45, 7) is 6.46. The number of thiazole rings is 1. The summed E-state index contributed by atoms with van der Waals surface area (Å²) in [5, 5.41) is 1.98. The van der Waals surface area contributed by atoms with Crippen LogP contribution in [0.4, 0.5) is 0 Å². The largest absolute Gasteiger partial charge is 0.493 e. The molecule has 0 radical (unpaired) electrons. The van der Waals surface area contributed by atoms with Crippen molar-refractivity contribution < 1.29 is 19.0 Å². The van der Waals surface area contributed by atoms with Crippen LogP contribution in [0.1, 0.15) is 43.5 Å². The van der Waals surface area contributed by atoms with Gasteiger partial charge in [0.25, 0.3) is 5.56 Å². The molecule has 8 nitrogen and oxygen atoms in total. The number of allylic oxidation sites excluding steroid dienone is 1. The van der Waals surface area contributed by atoms with Gasteiger partial charge in [-0.2, -0.15) is 0 Å². The van der Waals surface area contributed by atoms with E-state index in [-0.39, 0.29) is 17.7 Å². The van der Waals surface area contributed by atoms with Crippen molar-refractivity contribution >= 4 is 57.5 Å². The molecule has 3 heterocycles. The number of carbonyl (C=O) groups excluding carboxylic acids is 1. The van der Waals surface area contributed by atoms with Crippen LogP contribution >= 0.6 is 34.5 Å². The molecule has 46 heavy (non-hydrogen) atoms. The third-order valence-corrected chi connectivity index (χ3v) is 9.49. The maximum Gasteiger partial charge on any atom is 0.338 e. The van der Waals surface area contributed by atoms with Gasteiger partial charge in [-0.3, -0.25) is 9.36 Å². The van der Waals surface area contributed by atoms with Crippen LogP contribution in [-0.2, 0) is 16.1 Å². The van der Waals surface area contributed by atoms with Gasteiger partial charge in [0.05, 0.1) is 46.2 Å². The van der Waals surface area contributed by atoms with Gasteiger partial charge in [-0.15, -0.1) is 0 Å². The predicted octanol–water partition coefficient (Wildman–Crippen LogP) is 6.52. The highest BCUT2D eigenvalue weighted by molar-refractivity contribution is 7.07. The Hall–Kier alpha value is -4.31. The van der Waals surface area contributed by atoms with Crippen LogP contribution in [0.15, 0.2) is 87.9 Å². The number of hydrogen-bond acceptors (Lipinski definition) is 7. The smallest absolute Gasteiger partial charge is 0.338 e. The summed E-state index contributed by atoms with van der Waals surface area (Å²) in [7, 11) is 1.55. The van der Waals surface area contributed by atoms with Gasteiger partial charge in [0, 0.05) is 34.8 Å². The van der Waals surface area contributed by atoms with Crippen molar-refractivity contribution in [2.24, 2.45) is 4.99 Å². The third-order valence-electron chi connectivity index (χ3n) is 7.77. The zero-order valence-electron chi connectivity index (χ0n) is 25.7. The number of aromatic nitrogens is 2. The predicted molar refractivity (Wildman–Crippen MR) is 182 cm³/mol. The maximum atomic E-state index is 14.4. The van der Waals surface area contributed by atoms with Crippen molar-refractivity contribution in [3.05, 3.63) is 125 Å². The summed E-state index contributed by atoms with van der Waals surface area (Å²) in [5.74, 6) is 0.404. The van der Waals surface area contributed by atoms with Crippen LogP contribution in [0.2, 0.25) is 10.0 Å². The fourth-order valence-corrected chi connectivity index (χ4v) is 7.15. The average Bonchev–Trinajstić information content (AvgIpc) is 3.54. The van der Waals surface area contributed by atoms with E-state index in [0.29, 0.717) is 55.3 Å². The molecule has 0 aliphatic carbocycles. The van der Waals surface area contributed by atoms with E-state index in [9.17, 15) is 9.59 Å². The zero-order chi connectivity index (χ0) is 32.5. The summed E-state index contributed by atoms with van der Waals surface area (Å²) < 4.78 is 21.3. The molecule has 6 rings (SSSR count). The zero-order valence-corrected chi connectivity index (χ0v) is 28.0. The minimum Gasteiger partial charge on any atom is -0.493 e. The van der Waals surface area contributed by atoms with Gasteiger partial charge in [-0.05, 0) is 56.7 Å². The van der Waals surface area contributed by atoms with Crippen molar-refractivity contribution in [3.8, 4) is 11.5 Å². The summed E-state index contributed by atoms with van der Waals surface area (Å²) in [6, 6.07) is 18.2. The van der Waals surface area contributed by atoms with Crippen molar-refractivity contribution in [1.82, 2.24) is 9.13 Å². The van der Waals surface area contributed by atoms with Crippen molar-refractivity contribution in [1.29, 1.82) is 0 Å². The van der Waals surface area contributed by atoms with E-state index in [4.69, 9.17) is 42.4 Å². The number of methoxy groups -OCH3 is 1. The van der Waals surface area contributed by atoms with Gasteiger partial charge >= 0.3 is 5.97 Å². The van der Waals surface area contributed by atoms with Gasteiger partial charge < -0.3 is 18.8 Å². The number of halogens is 2. The Balaban J connectivity index is 1.54. The second kappa shape index (κ2) is 13.2. The number of nitrogens with zero attached hydrogens (tertiary/aromatic N) is 3. The molecule has 0 fully saturated rings. The molecule has 1 aliphatic heterocycles. The Morgan fingerprint density at radius 3 is 2.59 bits per heavy atom. The van der Waals surface area contributed by atoms with E-state index >= 15 is 0 Å². The lowest BCUT2D eigenvalue weighted by atomic mass is 9.94. The van der Waals surface area contributed by atoms with Crippen molar-refractivity contribution in [2.45, 2.75) is 33.4 Å². The Morgan fingerprint density at radius 1 is 1.04 bits per heavy atom. The van der Waals surface area contributed by atoms with E-state index in [1.54, 1.807) is 37.7 Å². The van der Waals surface area contributed by atoms with Gasteiger partial charge in [0.1, 0.15) is 6.04 Å². The van der Waals surface area contributed by atoms with E-state index in [0.717, 1.165) is 22.0 Å². The topological polar surface area (TPSA) is 84.1 Å². The summed E-state index contributed by atoms with van der Waals surface area (Å²) in [6.07, 6.45) is 3.90. The number of carbonyl (C=O) groups is 1. The van der Waals surface area contributed by atoms with Gasteiger partial charge in [0.15, 0.2) is 16.3 Å². The highest BCUT2D eigenvalue weighted by atomic mass is 35.5. The SMILES string of the molecule is CCOC(=O)C1=C(C)N=c2s/c(=C/c3cn(Cc4ccc(Cl)c(Cl)c4)c4ccccc34)c(=O)n2[C@H]1c1cccc(OC)c1OCC. The van der Waals surface area contributed by atoms with Crippen LogP contribution in [0.3, 0.4) is 0 Å². The second-order valence-electron chi connectivity index (χ2n) is 10.6. The number of benzene rings is 3. The van der Waals surface area contributed by atoms with Crippen LogP contribution < -0.4 is 24.4 Å². The molecule has 0 saturated heterocycles. The maximum absolute atomic E-state index is 14.4. The number of hydrogen-bond donors (Lipinski definition) is 0. The number of fused-ring (bicyclic) bond motifs is 2. The number of esters is 1. The summed E-state index contributed by atoms with van der Waals surface area (Å²) >= 11 is 13.7. The van der Waals surface area contributed by atoms with Gasteiger partial charge in [0.2, 0.25) is 0 Å². The van der Waals surface area contributed by atoms with E-state index in [1.807, 2.05) is 67.7 Å². The van der Waals surface area contributed by atoms with Gasteiger partial charge in [-0.1, -0.05) is 70.9 Å². The normalized spacial score (nSPS) is 14.7. The molecule has 0 unspecified atom stereocenters. The number of para-hydroxylation sites is 2. The quantitative estimate of drug-likeness (QED) is 0.166. The highest BCUT2D eigenvalue weighted by Crippen LogP contribution is 2.41. The Labute approximate surface area is 279 Å². The molecule has 11 heteroatoms.